The van der Waals surface area contributed by atoms with Crippen molar-refractivity contribution in [3.63, 3.8) is 0 Å². The molecule has 0 radical (unpaired) electrons. The Hall–Kier alpha value is -2.47. The van der Waals surface area contributed by atoms with Crippen LogP contribution in [0.3, 0.4) is 0 Å². The summed E-state index contributed by atoms with van der Waals surface area (Å²) in [5.41, 5.74) is 1.87. The van der Waals surface area contributed by atoms with Crippen molar-refractivity contribution < 1.29 is 14.3 Å². The Morgan fingerprint density at radius 2 is 1.72 bits per heavy atom. The largest absolute Gasteiger partial charge is 0.494 e. The molecule has 0 aliphatic carbocycles. The van der Waals surface area contributed by atoms with Gasteiger partial charge < -0.3 is 9.47 Å². The first kappa shape index (κ1) is 21.2. The van der Waals surface area contributed by atoms with Crippen molar-refractivity contribution in [2.75, 3.05) is 19.8 Å². The molecule has 2 aromatic rings. The third-order valence-corrected chi connectivity index (χ3v) is 5.69. The van der Waals surface area contributed by atoms with Crippen LogP contribution < -0.4 is 9.47 Å². The van der Waals surface area contributed by atoms with Crippen LogP contribution in [0.1, 0.15) is 32.8 Å². The van der Waals surface area contributed by atoms with E-state index in [1.54, 1.807) is 0 Å². The smallest absolute Gasteiger partial charge is 0.242 e. The van der Waals surface area contributed by atoms with Gasteiger partial charge in [0.15, 0.2) is 5.17 Å². The highest BCUT2D eigenvalue weighted by molar-refractivity contribution is 8.15. The van der Waals surface area contributed by atoms with Gasteiger partial charge in [-0.05, 0) is 62.6 Å². The van der Waals surface area contributed by atoms with Crippen molar-refractivity contribution in [2.24, 2.45) is 4.99 Å². The molecular weight excluding hydrogens is 384 g/mol. The molecule has 6 heteroatoms. The van der Waals surface area contributed by atoms with Gasteiger partial charge in [0.2, 0.25) is 5.91 Å². The Morgan fingerprint density at radius 1 is 1.00 bits per heavy atom. The molecule has 1 fully saturated rings. The highest BCUT2D eigenvalue weighted by Crippen LogP contribution is 2.34. The number of para-hydroxylation sites is 1. The minimum Gasteiger partial charge on any atom is -0.494 e. The predicted molar refractivity (Wildman–Crippen MR) is 119 cm³/mol. The van der Waals surface area contributed by atoms with E-state index >= 15 is 0 Å². The fourth-order valence-corrected chi connectivity index (χ4v) is 4.43. The van der Waals surface area contributed by atoms with E-state index in [9.17, 15) is 4.79 Å². The zero-order valence-electron chi connectivity index (χ0n) is 17.3. The summed E-state index contributed by atoms with van der Waals surface area (Å²) in [5, 5.41) is 0.574. The number of rotatable bonds is 9. The number of amidine groups is 1. The SMILES string of the molecule is CCCN1C(=O)[C@@H](Cc2ccccc2OCC)SC1=Nc1ccc(OCC)cc1. The Balaban J connectivity index is 1.81. The van der Waals surface area contributed by atoms with Crippen LogP contribution in [-0.2, 0) is 11.2 Å². The standard InChI is InChI=1S/C23H28N2O3S/c1-4-15-25-22(26)21(16-17-9-7-8-10-20(17)28-6-3)29-23(25)24-18-11-13-19(14-12-18)27-5-2/h7-14,21H,4-6,15-16H2,1-3H3/t21-/m1/s1. The van der Waals surface area contributed by atoms with Crippen LogP contribution in [0, 0.1) is 0 Å². The van der Waals surface area contributed by atoms with E-state index in [0.717, 1.165) is 34.3 Å². The number of carbonyl (C=O) groups is 1. The third-order valence-electron chi connectivity index (χ3n) is 4.52. The molecule has 0 spiro atoms. The number of hydrogen-bond donors (Lipinski definition) is 0. The molecule has 0 saturated carbocycles. The zero-order valence-corrected chi connectivity index (χ0v) is 18.1. The number of nitrogens with zero attached hydrogens (tertiary/aromatic N) is 2. The van der Waals surface area contributed by atoms with Crippen molar-refractivity contribution >= 4 is 28.5 Å². The summed E-state index contributed by atoms with van der Waals surface area (Å²) in [7, 11) is 0. The lowest BCUT2D eigenvalue weighted by Gasteiger charge is -2.15. The quantitative estimate of drug-likeness (QED) is 0.577. The van der Waals surface area contributed by atoms with Gasteiger partial charge in [0.25, 0.3) is 0 Å². The number of amides is 1. The van der Waals surface area contributed by atoms with Gasteiger partial charge in [-0.15, -0.1) is 0 Å². The predicted octanol–water partition coefficient (Wildman–Crippen LogP) is 5.07. The van der Waals surface area contributed by atoms with Crippen molar-refractivity contribution in [3.8, 4) is 11.5 Å². The second kappa shape index (κ2) is 10.3. The van der Waals surface area contributed by atoms with E-state index in [1.165, 1.54) is 11.8 Å². The van der Waals surface area contributed by atoms with E-state index in [0.29, 0.717) is 26.2 Å². The van der Waals surface area contributed by atoms with E-state index < -0.39 is 0 Å². The fourth-order valence-electron chi connectivity index (χ4n) is 3.22. The number of hydrogen-bond acceptors (Lipinski definition) is 5. The molecule has 1 amide bonds. The number of carbonyl (C=O) groups excluding carboxylic acids is 1. The van der Waals surface area contributed by atoms with E-state index in [1.807, 2.05) is 67.3 Å². The molecule has 2 aromatic carbocycles. The number of thioether (sulfide) groups is 1. The van der Waals surface area contributed by atoms with Crippen molar-refractivity contribution in [1.29, 1.82) is 0 Å². The van der Waals surface area contributed by atoms with Crippen LogP contribution in [0.2, 0.25) is 0 Å². The van der Waals surface area contributed by atoms with Crippen LogP contribution in [0.4, 0.5) is 5.69 Å². The second-order valence-electron chi connectivity index (χ2n) is 6.66. The molecule has 1 atom stereocenters. The first-order valence-corrected chi connectivity index (χ1v) is 11.0. The third kappa shape index (κ3) is 5.32. The van der Waals surface area contributed by atoms with E-state index in [2.05, 4.69) is 6.92 Å². The zero-order chi connectivity index (χ0) is 20.6. The molecule has 1 heterocycles. The number of ether oxygens (including phenoxy) is 2. The molecule has 0 bridgehead atoms. The molecule has 5 nitrogen and oxygen atoms in total. The van der Waals surface area contributed by atoms with Gasteiger partial charge in [0, 0.05) is 6.54 Å². The van der Waals surface area contributed by atoms with Gasteiger partial charge in [0.05, 0.1) is 24.2 Å². The monoisotopic (exact) mass is 412 g/mol. The highest BCUT2D eigenvalue weighted by Gasteiger charge is 2.37. The van der Waals surface area contributed by atoms with Crippen LogP contribution in [0.5, 0.6) is 11.5 Å². The van der Waals surface area contributed by atoms with Gasteiger partial charge in [-0.2, -0.15) is 0 Å². The molecule has 29 heavy (non-hydrogen) atoms. The Kier molecular flexibility index (Phi) is 7.58. The molecule has 0 aromatic heterocycles. The van der Waals surface area contributed by atoms with Gasteiger partial charge in [-0.1, -0.05) is 36.9 Å². The van der Waals surface area contributed by atoms with Gasteiger partial charge in [-0.25, -0.2) is 4.99 Å². The van der Waals surface area contributed by atoms with Gasteiger partial charge in [-0.3, -0.25) is 9.69 Å². The average molecular weight is 413 g/mol. The van der Waals surface area contributed by atoms with Crippen molar-refractivity contribution in [2.45, 2.75) is 38.9 Å². The summed E-state index contributed by atoms with van der Waals surface area (Å²) in [4.78, 5) is 19.6. The average Bonchev–Trinajstić information content (AvgIpc) is 3.00. The van der Waals surface area contributed by atoms with E-state index in [-0.39, 0.29) is 11.2 Å². The molecule has 1 saturated heterocycles. The molecular formula is C23H28N2O3S. The maximum Gasteiger partial charge on any atom is 0.242 e. The summed E-state index contributed by atoms with van der Waals surface area (Å²) < 4.78 is 11.2. The summed E-state index contributed by atoms with van der Waals surface area (Å²) in [6.07, 6.45) is 1.51. The van der Waals surface area contributed by atoms with Crippen molar-refractivity contribution in [3.05, 3.63) is 54.1 Å². The Morgan fingerprint density at radius 3 is 2.41 bits per heavy atom. The van der Waals surface area contributed by atoms with Gasteiger partial charge >= 0.3 is 0 Å². The molecule has 1 aliphatic rings. The lowest BCUT2D eigenvalue weighted by Crippen LogP contribution is -2.33. The summed E-state index contributed by atoms with van der Waals surface area (Å²) >= 11 is 1.54. The number of aliphatic imine (C=N–C) groups is 1. The van der Waals surface area contributed by atoms with Gasteiger partial charge in [0.1, 0.15) is 11.5 Å². The summed E-state index contributed by atoms with van der Waals surface area (Å²) in [6.45, 7) is 7.91. The lowest BCUT2D eigenvalue weighted by molar-refractivity contribution is -0.126. The minimum atomic E-state index is -0.190. The summed E-state index contributed by atoms with van der Waals surface area (Å²) in [6, 6.07) is 15.6. The maximum absolute atomic E-state index is 13.1. The Bertz CT molecular complexity index is 851. The fraction of sp³-hybridized carbons (Fsp3) is 0.391. The van der Waals surface area contributed by atoms with Crippen LogP contribution in [0.25, 0.3) is 0 Å². The van der Waals surface area contributed by atoms with Crippen LogP contribution in [-0.4, -0.2) is 41.0 Å². The molecule has 0 N–H and O–H groups in total. The highest BCUT2D eigenvalue weighted by atomic mass is 32.2. The van der Waals surface area contributed by atoms with Crippen LogP contribution in [0.15, 0.2) is 53.5 Å². The maximum atomic E-state index is 13.1. The normalized spacial score (nSPS) is 17.8. The Labute approximate surface area is 177 Å². The first-order valence-electron chi connectivity index (χ1n) is 10.2. The second-order valence-corrected chi connectivity index (χ2v) is 7.83. The topological polar surface area (TPSA) is 51.1 Å². The summed E-state index contributed by atoms with van der Waals surface area (Å²) in [5.74, 6) is 1.79. The first-order chi connectivity index (χ1) is 14.2. The molecule has 1 aliphatic heterocycles. The lowest BCUT2D eigenvalue weighted by atomic mass is 10.1. The molecule has 0 unspecified atom stereocenters. The number of benzene rings is 2. The molecule has 154 valence electrons. The minimum absolute atomic E-state index is 0.118. The van der Waals surface area contributed by atoms with Crippen LogP contribution >= 0.6 is 11.8 Å². The molecule has 3 rings (SSSR count). The van der Waals surface area contributed by atoms with E-state index in [4.69, 9.17) is 14.5 Å². The van der Waals surface area contributed by atoms with Crippen molar-refractivity contribution in [1.82, 2.24) is 4.90 Å².